The van der Waals surface area contributed by atoms with Gasteiger partial charge in [0.25, 0.3) is 0 Å². The third-order valence-electron chi connectivity index (χ3n) is 7.29. The van der Waals surface area contributed by atoms with Crippen molar-refractivity contribution in [3.8, 4) is 0 Å². The van der Waals surface area contributed by atoms with E-state index in [1.54, 1.807) is 0 Å². The summed E-state index contributed by atoms with van der Waals surface area (Å²) in [6, 6.07) is 0. The molecule has 0 fully saturated rings. The molecule has 2 nitrogen and oxygen atoms in total. The molecule has 0 saturated carbocycles. The highest BCUT2D eigenvalue weighted by atomic mass is 16.5. The van der Waals surface area contributed by atoms with E-state index < -0.39 is 0 Å². The van der Waals surface area contributed by atoms with Crippen LogP contribution in [-0.2, 0) is 9.53 Å². The van der Waals surface area contributed by atoms with Gasteiger partial charge in [0.05, 0.1) is 12.5 Å². The summed E-state index contributed by atoms with van der Waals surface area (Å²) in [6.07, 6.45) is 30.2. The number of ether oxygens (including phenoxy) is 1. The van der Waals surface area contributed by atoms with E-state index in [0.717, 1.165) is 6.42 Å². The molecular formula is C31H62O2. The Kier molecular flexibility index (Phi) is 25.7. The predicted octanol–water partition coefficient (Wildman–Crippen LogP) is 10.8. The minimum atomic E-state index is 0.0490. The molecule has 0 saturated heterocycles. The molecule has 2 heteroatoms. The minimum Gasteiger partial charge on any atom is -0.465 e. The van der Waals surface area contributed by atoms with Gasteiger partial charge in [-0.1, -0.05) is 156 Å². The first-order chi connectivity index (χ1) is 16.2. The molecular weight excluding hydrogens is 404 g/mol. The maximum atomic E-state index is 12.5. The lowest BCUT2D eigenvalue weighted by Crippen LogP contribution is -2.20. The quantitative estimate of drug-likeness (QED) is 0.0935. The first kappa shape index (κ1) is 32.5. The summed E-state index contributed by atoms with van der Waals surface area (Å²) in [7, 11) is 0. The van der Waals surface area contributed by atoms with Gasteiger partial charge in [0.1, 0.15) is 0 Å². The van der Waals surface area contributed by atoms with Crippen molar-refractivity contribution in [1.82, 2.24) is 0 Å². The van der Waals surface area contributed by atoms with Crippen molar-refractivity contribution < 1.29 is 9.53 Å². The number of esters is 1. The molecule has 198 valence electrons. The van der Waals surface area contributed by atoms with Crippen LogP contribution in [0.15, 0.2) is 0 Å². The van der Waals surface area contributed by atoms with E-state index >= 15 is 0 Å². The van der Waals surface area contributed by atoms with Gasteiger partial charge in [0.2, 0.25) is 0 Å². The maximum Gasteiger partial charge on any atom is 0.308 e. The van der Waals surface area contributed by atoms with Crippen molar-refractivity contribution in [2.24, 2.45) is 11.8 Å². The van der Waals surface area contributed by atoms with Gasteiger partial charge >= 0.3 is 5.97 Å². The highest BCUT2D eigenvalue weighted by molar-refractivity contribution is 5.71. The third-order valence-corrected chi connectivity index (χ3v) is 7.29. The first-order valence-electron chi connectivity index (χ1n) is 15.3. The summed E-state index contributed by atoms with van der Waals surface area (Å²) < 4.78 is 5.84. The van der Waals surface area contributed by atoms with Crippen molar-refractivity contribution in [3.05, 3.63) is 0 Å². The first-order valence-corrected chi connectivity index (χ1v) is 15.3. The summed E-state index contributed by atoms with van der Waals surface area (Å²) in [6.45, 7) is 9.55. The van der Waals surface area contributed by atoms with Crippen LogP contribution in [0.5, 0.6) is 0 Å². The molecule has 0 aromatic heterocycles. The summed E-state index contributed by atoms with van der Waals surface area (Å²) in [4.78, 5) is 12.5. The van der Waals surface area contributed by atoms with Crippen LogP contribution >= 0.6 is 0 Å². The van der Waals surface area contributed by atoms with Gasteiger partial charge in [-0.05, 0) is 25.2 Å². The van der Waals surface area contributed by atoms with Crippen LogP contribution in [0.3, 0.4) is 0 Å². The lowest BCUT2D eigenvalue weighted by atomic mass is 9.94. The molecule has 0 aromatic carbocycles. The van der Waals surface area contributed by atoms with Crippen molar-refractivity contribution in [2.75, 3.05) is 6.61 Å². The minimum absolute atomic E-state index is 0.0490. The Morgan fingerprint density at radius 3 is 1.24 bits per heavy atom. The zero-order valence-electron chi connectivity index (χ0n) is 23.4. The number of hydrogen-bond acceptors (Lipinski definition) is 2. The molecule has 0 spiro atoms. The molecule has 0 radical (unpaired) electrons. The summed E-state index contributed by atoms with van der Waals surface area (Å²) in [5.41, 5.74) is 0. The molecule has 0 rings (SSSR count). The van der Waals surface area contributed by atoms with Gasteiger partial charge in [0.15, 0.2) is 0 Å². The largest absolute Gasteiger partial charge is 0.465 e. The zero-order chi connectivity index (χ0) is 24.4. The van der Waals surface area contributed by atoms with E-state index in [2.05, 4.69) is 27.7 Å². The monoisotopic (exact) mass is 466 g/mol. The summed E-state index contributed by atoms with van der Waals surface area (Å²) >= 11 is 0. The van der Waals surface area contributed by atoms with E-state index in [-0.39, 0.29) is 11.9 Å². The topological polar surface area (TPSA) is 26.3 Å². The molecule has 0 heterocycles. The second kappa shape index (κ2) is 26.1. The molecule has 2 atom stereocenters. The van der Waals surface area contributed by atoms with Gasteiger partial charge in [0, 0.05) is 0 Å². The van der Waals surface area contributed by atoms with Crippen molar-refractivity contribution in [2.45, 2.75) is 175 Å². The van der Waals surface area contributed by atoms with E-state index in [0.29, 0.717) is 12.5 Å². The molecule has 0 aliphatic carbocycles. The SMILES string of the molecule is CCCCCCCCCCC(CCCCCCC)COC(=O)C(C)CCCCCCCCC. The second-order valence-corrected chi connectivity index (χ2v) is 10.8. The van der Waals surface area contributed by atoms with Crippen LogP contribution in [0.25, 0.3) is 0 Å². The summed E-state index contributed by atoms with van der Waals surface area (Å²) in [5, 5.41) is 0. The fraction of sp³-hybridized carbons (Fsp3) is 0.968. The second-order valence-electron chi connectivity index (χ2n) is 10.8. The fourth-order valence-electron chi connectivity index (χ4n) is 4.78. The Balaban J connectivity index is 4.08. The Hall–Kier alpha value is -0.530. The molecule has 0 bridgehead atoms. The van der Waals surface area contributed by atoms with E-state index in [9.17, 15) is 4.79 Å². The average molecular weight is 467 g/mol. The van der Waals surface area contributed by atoms with E-state index in [1.807, 2.05) is 0 Å². The fourth-order valence-corrected chi connectivity index (χ4v) is 4.78. The van der Waals surface area contributed by atoms with Crippen LogP contribution in [-0.4, -0.2) is 12.6 Å². The Morgan fingerprint density at radius 2 is 0.848 bits per heavy atom. The number of unbranched alkanes of at least 4 members (excludes halogenated alkanes) is 17. The smallest absolute Gasteiger partial charge is 0.308 e. The van der Waals surface area contributed by atoms with Crippen molar-refractivity contribution >= 4 is 5.97 Å². The number of carbonyl (C=O) groups excluding carboxylic acids is 1. The normalized spacial score (nSPS) is 13.2. The molecule has 0 amide bonds. The lowest BCUT2D eigenvalue weighted by molar-refractivity contribution is -0.149. The Bertz CT molecular complexity index is 392. The van der Waals surface area contributed by atoms with Crippen LogP contribution in [0.1, 0.15) is 175 Å². The molecule has 0 N–H and O–H groups in total. The lowest BCUT2D eigenvalue weighted by Gasteiger charge is -2.19. The molecule has 0 aromatic rings. The highest BCUT2D eigenvalue weighted by Crippen LogP contribution is 2.21. The molecule has 33 heavy (non-hydrogen) atoms. The van der Waals surface area contributed by atoms with Crippen LogP contribution in [0.2, 0.25) is 0 Å². The Labute approximate surface area is 209 Å². The third kappa shape index (κ3) is 23.0. The van der Waals surface area contributed by atoms with Gasteiger partial charge in [-0.15, -0.1) is 0 Å². The highest BCUT2D eigenvalue weighted by Gasteiger charge is 2.17. The van der Waals surface area contributed by atoms with Gasteiger partial charge < -0.3 is 4.74 Å². The molecule has 0 aliphatic rings. The summed E-state index contributed by atoms with van der Waals surface area (Å²) in [5.74, 6) is 0.684. The van der Waals surface area contributed by atoms with Crippen LogP contribution < -0.4 is 0 Å². The van der Waals surface area contributed by atoms with Gasteiger partial charge in [-0.2, -0.15) is 0 Å². The van der Waals surface area contributed by atoms with Crippen molar-refractivity contribution in [3.63, 3.8) is 0 Å². The average Bonchev–Trinajstić information content (AvgIpc) is 2.82. The number of rotatable bonds is 26. The number of carbonyl (C=O) groups is 1. The maximum absolute atomic E-state index is 12.5. The van der Waals surface area contributed by atoms with E-state index in [4.69, 9.17) is 4.74 Å². The van der Waals surface area contributed by atoms with Gasteiger partial charge in [-0.25, -0.2) is 0 Å². The van der Waals surface area contributed by atoms with Gasteiger partial charge in [-0.3, -0.25) is 4.79 Å². The molecule has 0 aliphatic heterocycles. The van der Waals surface area contributed by atoms with Crippen molar-refractivity contribution in [1.29, 1.82) is 0 Å². The predicted molar refractivity (Wildman–Crippen MR) is 147 cm³/mol. The van der Waals surface area contributed by atoms with Crippen LogP contribution in [0.4, 0.5) is 0 Å². The Morgan fingerprint density at radius 1 is 0.515 bits per heavy atom. The standard InChI is InChI=1S/C31H62O2/c1-5-8-11-14-16-18-21-24-27-30(26-23-19-13-10-7-3)28-33-31(32)29(4)25-22-20-17-15-12-9-6-2/h29-30H,5-28H2,1-4H3. The van der Waals surface area contributed by atoms with E-state index in [1.165, 1.54) is 141 Å². The number of hydrogen-bond donors (Lipinski definition) is 0. The van der Waals surface area contributed by atoms with Crippen LogP contribution in [0, 0.1) is 11.8 Å². The molecule has 2 unspecified atom stereocenters. The zero-order valence-corrected chi connectivity index (χ0v) is 23.4.